The summed E-state index contributed by atoms with van der Waals surface area (Å²) in [6.45, 7) is 10.6. The second-order valence-corrected chi connectivity index (χ2v) is 7.80. The van der Waals surface area contributed by atoms with E-state index in [2.05, 4.69) is 20.8 Å². The van der Waals surface area contributed by atoms with E-state index in [4.69, 9.17) is 18.9 Å². The van der Waals surface area contributed by atoms with E-state index in [1.807, 2.05) is 0 Å². The van der Waals surface area contributed by atoms with Gasteiger partial charge in [0.15, 0.2) is 5.44 Å². The van der Waals surface area contributed by atoms with Crippen LogP contribution in [-0.4, -0.2) is 55.3 Å². The van der Waals surface area contributed by atoms with Crippen molar-refractivity contribution in [3.63, 3.8) is 0 Å². The van der Waals surface area contributed by atoms with Crippen molar-refractivity contribution in [1.29, 1.82) is 0 Å². The quantitative estimate of drug-likeness (QED) is 0.335. The van der Waals surface area contributed by atoms with Crippen LogP contribution in [0.25, 0.3) is 0 Å². The first kappa shape index (κ1) is 22.7. The number of rotatable bonds is 14. The molecule has 1 aliphatic heterocycles. The summed E-state index contributed by atoms with van der Waals surface area (Å²) in [5, 5.41) is 0.129. The third-order valence-electron chi connectivity index (χ3n) is 4.09. The Morgan fingerprint density at radius 3 is 2.00 bits per heavy atom. The molecule has 25 heavy (non-hydrogen) atoms. The second kappa shape index (κ2) is 13.8. The summed E-state index contributed by atoms with van der Waals surface area (Å²) < 4.78 is 23.6. The summed E-state index contributed by atoms with van der Waals surface area (Å²) in [6.07, 6.45) is 6.03. The van der Waals surface area contributed by atoms with Crippen LogP contribution in [0.15, 0.2) is 0 Å². The number of esters is 1. The lowest BCUT2D eigenvalue weighted by Gasteiger charge is -2.26. The van der Waals surface area contributed by atoms with Gasteiger partial charge in [-0.05, 0) is 19.3 Å². The van der Waals surface area contributed by atoms with Crippen LogP contribution in [-0.2, 0) is 23.7 Å². The molecule has 1 rings (SSSR count). The van der Waals surface area contributed by atoms with Crippen LogP contribution in [0.2, 0.25) is 0 Å². The number of unbranched alkanes of at least 4 members (excludes halogenated alkanes) is 3. The molecule has 0 amide bonds. The van der Waals surface area contributed by atoms with Crippen molar-refractivity contribution in [2.45, 2.75) is 89.1 Å². The van der Waals surface area contributed by atoms with E-state index in [0.717, 1.165) is 45.1 Å². The maximum Gasteiger partial charge on any atom is 0.303 e. The molecule has 0 aromatic heterocycles. The van der Waals surface area contributed by atoms with E-state index in [1.54, 1.807) is 11.8 Å². The molecule has 0 aromatic carbocycles. The molecule has 6 heteroatoms. The molecule has 0 radical (unpaired) electrons. The minimum atomic E-state index is -0.319. The Morgan fingerprint density at radius 2 is 1.44 bits per heavy atom. The molecule has 1 saturated heterocycles. The minimum absolute atomic E-state index is 0.0978. The molecule has 0 unspecified atom stereocenters. The van der Waals surface area contributed by atoms with Gasteiger partial charge < -0.3 is 18.9 Å². The Balaban J connectivity index is 2.71. The number of carbonyl (C=O) groups excluding carboxylic acids is 1. The van der Waals surface area contributed by atoms with Gasteiger partial charge in [-0.1, -0.05) is 40.0 Å². The Labute approximate surface area is 157 Å². The lowest BCUT2D eigenvalue weighted by molar-refractivity contribution is -0.153. The lowest BCUT2D eigenvalue weighted by Crippen LogP contribution is -2.40. The van der Waals surface area contributed by atoms with Gasteiger partial charge in [-0.3, -0.25) is 4.79 Å². The largest absolute Gasteiger partial charge is 0.449 e. The maximum atomic E-state index is 11.5. The van der Waals surface area contributed by atoms with Gasteiger partial charge in [0.1, 0.15) is 12.2 Å². The molecule has 1 aliphatic rings. The van der Waals surface area contributed by atoms with Gasteiger partial charge >= 0.3 is 5.97 Å². The fourth-order valence-corrected chi connectivity index (χ4v) is 4.12. The highest BCUT2D eigenvalue weighted by atomic mass is 32.2. The normalized spacial score (nSPS) is 26.1. The van der Waals surface area contributed by atoms with E-state index < -0.39 is 0 Å². The van der Waals surface area contributed by atoms with Crippen LogP contribution < -0.4 is 0 Å². The average Bonchev–Trinajstić information content (AvgIpc) is 2.88. The van der Waals surface area contributed by atoms with Gasteiger partial charge in [0.2, 0.25) is 0 Å². The monoisotopic (exact) mass is 376 g/mol. The van der Waals surface area contributed by atoms with Gasteiger partial charge in [-0.15, -0.1) is 11.8 Å². The predicted octanol–water partition coefficient (Wildman–Crippen LogP) is 4.18. The summed E-state index contributed by atoms with van der Waals surface area (Å²) >= 11 is 1.61. The topological polar surface area (TPSA) is 54.0 Å². The SMILES string of the molecule is CCCCOC[C@H]1S[C@H](OC(C)=O)[C@H](OCCCC)[C@@H]1OCCCC. The number of ether oxygens (including phenoxy) is 4. The molecule has 0 bridgehead atoms. The first-order valence-electron chi connectivity index (χ1n) is 9.77. The van der Waals surface area contributed by atoms with Crippen molar-refractivity contribution < 1.29 is 23.7 Å². The van der Waals surface area contributed by atoms with E-state index in [-0.39, 0.29) is 28.9 Å². The molecule has 0 aliphatic carbocycles. The average molecular weight is 377 g/mol. The lowest BCUT2D eigenvalue weighted by atomic mass is 10.1. The van der Waals surface area contributed by atoms with Gasteiger partial charge in [0, 0.05) is 26.7 Å². The Hall–Kier alpha value is -0.300. The van der Waals surface area contributed by atoms with Gasteiger partial charge in [-0.2, -0.15) is 0 Å². The fourth-order valence-electron chi connectivity index (χ4n) is 2.64. The second-order valence-electron chi connectivity index (χ2n) is 6.46. The molecule has 0 N–H and O–H groups in total. The third-order valence-corrected chi connectivity index (χ3v) is 5.48. The Morgan fingerprint density at radius 1 is 0.880 bits per heavy atom. The van der Waals surface area contributed by atoms with Crippen LogP contribution in [0.3, 0.4) is 0 Å². The summed E-state index contributed by atoms with van der Waals surface area (Å²) in [4.78, 5) is 11.5. The van der Waals surface area contributed by atoms with Crippen LogP contribution in [0.4, 0.5) is 0 Å². The molecule has 5 nitrogen and oxygen atoms in total. The zero-order chi connectivity index (χ0) is 18.5. The van der Waals surface area contributed by atoms with Crippen molar-refractivity contribution in [3.05, 3.63) is 0 Å². The molecule has 1 heterocycles. The zero-order valence-corrected chi connectivity index (χ0v) is 17.1. The fraction of sp³-hybridized carbons (Fsp3) is 0.947. The Kier molecular flexibility index (Phi) is 12.6. The molecule has 0 saturated carbocycles. The van der Waals surface area contributed by atoms with E-state index in [9.17, 15) is 4.79 Å². The number of hydrogen-bond acceptors (Lipinski definition) is 6. The molecule has 0 spiro atoms. The van der Waals surface area contributed by atoms with Crippen molar-refractivity contribution in [2.24, 2.45) is 0 Å². The zero-order valence-electron chi connectivity index (χ0n) is 16.3. The highest BCUT2D eigenvalue weighted by Gasteiger charge is 2.47. The van der Waals surface area contributed by atoms with Crippen LogP contribution in [0.1, 0.15) is 66.2 Å². The molecule has 0 aromatic rings. The standard InChI is InChI=1S/C19H36O5S/c1-5-8-11-21-14-16-17(22-12-9-6-2)18(23-13-10-7-3)19(25-16)24-15(4)20/h16-19H,5-14H2,1-4H3/t16-,17-,18-,19+/m1/s1. The number of carbonyl (C=O) groups is 1. The first-order valence-corrected chi connectivity index (χ1v) is 10.7. The van der Waals surface area contributed by atoms with Crippen molar-refractivity contribution >= 4 is 17.7 Å². The summed E-state index contributed by atoms with van der Waals surface area (Å²) in [6, 6.07) is 0. The molecular weight excluding hydrogens is 340 g/mol. The maximum absolute atomic E-state index is 11.5. The predicted molar refractivity (Wildman–Crippen MR) is 102 cm³/mol. The molecule has 4 atom stereocenters. The molecular formula is C19H36O5S. The highest BCUT2D eigenvalue weighted by Crippen LogP contribution is 2.39. The smallest absolute Gasteiger partial charge is 0.303 e. The first-order chi connectivity index (χ1) is 12.1. The van der Waals surface area contributed by atoms with Gasteiger partial charge in [0.25, 0.3) is 0 Å². The number of hydrogen-bond donors (Lipinski definition) is 0. The van der Waals surface area contributed by atoms with Crippen molar-refractivity contribution in [2.75, 3.05) is 26.4 Å². The highest BCUT2D eigenvalue weighted by molar-refractivity contribution is 8.00. The molecule has 148 valence electrons. The Bertz CT molecular complexity index is 353. The summed E-state index contributed by atoms with van der Waals surface area (Å²) in [7, 11) is 0. The third kappa shape index (κ3) is 8.76. The molecule has 1 fully saturated rings. The van der Waals surface area contributed by atoms with Crippen molar-refractivity contribution in [3.8, 4) is 0 Å². The van der Waals surface area contributed by atoms with Gasteiger partial charge in [0.05, 0.1) is 11.9 Å². The van der Waals surface area contributed by atoms with Crippen LogP contribution in [0, 0.1) is 0 Å². The summed E-state index contributed by atoms with van der Waals surface area (Å²) in [5.41, 5.74) is -0.319. The van der Waals surface area contributed by atoms with Gasteiger partial charge in [-0.25, -0.2) is 0 Å². The van der Waals surface area contributed by atoms with Crippen LogP contribution >= 0.6 is 11.8 Å². The van der Waals surface area contributed by atoms with E-state index in [0.29, 0.717) is 19.8 Å². The van der Waals surface area contributed by atoms with E-state index in [1.165, 1.54) is 6.92 Å². The van der Waals surface area contributed by atoms with Crippen LogP contribution in [0.5, 0.6) is 0 Å². The number of thioether (sulfide) groups is 1. The summed E-state index contributed by atoms with van der Waals surface area (Å²) in [5.74, 6) is -0.276. The minimum Gasteiger partial charge on any atom is -0.449 e. The van der Waals surface area contributed by atoms with E-state index >= 15 is 0 Å². The van der Waals surface area contributed by atoms with Crippen molar-refractivity contribution in [1.82, 2.24) is 0 Å².